The van der Waals surface area contributed by atoms with Gasteiger partial charge in [-0.15, -0.1) is 0 Å². The Bertz CT molecular complexity index is 530. The molecule has 1 unspecified atom stereocenters. The molecule has 1 heterocycles. The lowest BCUT2D eigenvalue weighted by Crippen LogP contribution is -2.43. The van der Waals surface area contributed by atoms with Gasteiger partial charge >= 0.3 is 5.97 Å². The molecule has 1 aromatic carbocycles. The van der Waals surface area contributed by atoms with E-state index in [1.54, 1.807) is 11.0 Å². The van der Waals surface area contributed by atoms with Crippen LogP contribution in [0, 0.1) is 18.7 Å². The summed E-state index contributed by atoms with van der Waals surface area (Å²) in [5.74, 6) is -1.59. The predicted octanol–water partition coefficient (Wildman–Crippen LogP) is 2.00. The van der Waals surface area contributed by atoms with Crippen molar-refractivity contribution in [1.82, 2.24) is 4.90 Å². The van der Waals surface area contributed by atoms with Crippen molar-refractivity contribution in [3.05, 3.63) is 35.1 Å². The molecule has 108 valence electrons. The third-order valence-electron chi connectivity index (χ3n) is 3.81. The summed E-state index contributed by atoms with van der Waals surface area (Å²) < 4.78 is 13.0. The second-order valence-corrected chi connectivity index (χ2v) is 5.23. The van der Waals surface area contributed by atoms with Gasteiger partial charge in [0.15, 0.2) is 0 Å². The second kappa shape index (κ2) is 6.03. The van der Waals surface area contributed by atoms with Gasteiger partial charge in [-0.05, 0) is 43.0 Å². The van der Waals surface area contributed by atoms with Crippen LogP contribution in [0.2, 0.25) is 0 Å². The highest BCUT2D eigenvalue weighted by molar-refractivity contribution is 5.80. The molecular formula is C15H18FNO3. The first kappa shape index (κ1) is 14.5. The van der Waals surface area contributed by atoms with E-state index < -0.39 is 11.9 Å². The van der Waals surface area contributed by atoms with Crippen molar-refractivity contribution in [2.45, 2.75) is 26.2 Å². The summed E-state index contributed by atoms with van der Waals surface area (Å²) in [5, 5.41) is 9.02. The van der Waals surface area contributed by atoms with E-state index >= 15 is 0 Å². The van der Waals surface area contributed by atoms with Gasteiger partial charge in [0.2, 0.25) is 5.91 Å². The van der Waals surface area contributed by atoms with Crippen molar-refractivity contribution in [3.8, 4) is 0 Å². The Hall–Kier alpha value is -1.91. The summed E-state index contributed by atoms with van der Waals surface area (Å²) in [6.45, 7) is 2.58. The SMILES string of the molecule is Cc1cc(F)ccc1CCN1CC(C(=O)O)CCC1=O. The summed E-state index contributed by atoms with van der Waals surface area (Å²) in [7, 11) is 0. The average Bonchev–Trinajstić information content (AvgIpc) is 2.39. The van der Waals surface area contributed by atoms with Gasteiger partial charge in [0.25, 0.3) is 0 Å². The van der Waals surface area contributed by atoms with Crippen LogP contribution in [0.5, 0.6) is 0 Å². The summed E-state index contributed by atoms with van der Waals surface area (Å²) in [6.07, 6.45) is 1.32. The molecule has 1 aliphatic heterocycles. The Labute approximate surface area is 117 Å². The number of likely N-dealkylation sites (tertiary alicyclic amines) is 1. The molecule has 0 aliphatic carbocycles. The number of halogens is 1. The smallest absolute Gasteiger partial charge is 0.308 e. The Morgan fingerprint density at radius 1 is 1.50 bits per heavy atom. The van der Waals surface area contributed by atoms with Crippen LogP contribution >= 0.6 is 0 Å². The number of aryl methyl sites for hydroxylation is 1. The molecular weight excluding hydrogens is 261 g/mol. The van der Waals surface area contributed by atoms with Gasteiger partial charge in [-0.2, -0.15) is 0 Å². The summed E-state index contributed by atoms with van der Waals surface area (Å²) in [4.78, 5) is 24.4. The molecule has 1 fully saturated rings. The zero-order valence-electron chi connectivity index (χ0n) is 11.4. The molecule has 5 heteroatoms. The Balaban J connectivity index is 1.98. The van der Waals surface area contributed by atoms with Gasteiger partial charge in [-0.25, -0.2) is 4.39 Å². The average molecular weight is 279 g/mol. The number of hydrogen-bond donors (Lipinski definition) is 1. The van der Waals surface area contributed by atoms with Crippen molar-refractivity contribution in [3.63, 3.8) is 0 Å². The third-order valence-corrected chi connectivity index (χ3v) is 3.81. The lowest BCUT2D eigenvalue weighted by Gasteiger charge is -2.30. The maximum atomic E-state index is 13.0. The van der Waals surface area contributed by atoms with Crippen LogP contribution in [-0.4, -0.2) is 35.0 Å². The minimum absolute atomic E-state index is 0.00210. The number of benzene rings is 1. The van der Waals surface area contributed by atoms with E-state index in [4.69, 9.17) is 5.11 Å². The zero-order valence-corrected chi connectivity index (χ0v) is 11.4. The maximum absolute atomic E-state index is 13.0. The van der Waals surface area contributed by atoms with E-state index in [1.165, 1.54) is 12.1 Å². The van der Waals surface area contributed by atoms with Crippen molar-refractivity contribution < 1.29 is 19.1 Å². The lowest BCUT2D eigenvalue weighted by molar-refractivity contribution is -0.147. The van der Waals surface area contributed by atoms with Gasteiger partial charge in [0.1, 0.15) is 5.82 Å². The van der Waals surface area contributed by atoms with Crippen molar-refractivity contribution in [1.29, 1.82) is 0 Å². The van der Waals surface area contributed by atoms with Crippen molar-refractivity contribution in [2.24, 2.45) is 5.92 Å². The van der Waals surface area contributed by atoms with Crippen molar-refractivity contribution in [2.75, 3.05) is 13.1 Å². The maximum Gasteiger partial charge on any atom is 0.308 e. The Morgan fingerprint density at radius 3 is 2.90 bits per heavy atom. The highest BCUT2D eigenvalue weighted by atomic mass is 19.1. The Morgan fingerprint density at radius 2 is 2.25 bits per heavy atom. The van der Waals surface area contributed by atoms with Crippen LogP contribution in [0.15, 0.2) is 18.2 Å². The number of carboxylic acid groups (broad SMARTS) is 1. The topological polar surface area (TPSA) is 57.6 Å². The van der Waals surface area contributed by atoms with Crippen LogP contribution in [0.4, 0.5) is 4.39 Å². The molecule has 1 atom stereocenters. The van der Waals surface area contributed by atoms with E-state index in [2.05, 4.69) is 0 Å². The summed E-state index contributed by atoms with van der Waals surface area (Å²) in [6, 6.07) is 4.58. The van der Waals surface area contributed by atoms with E-state index in [1.807, 2.05) is 6.92 Å². The van der Waals surface area contributed by atoms with Gasteiger partial charge in [0, 0.05) is 19.5 Å². The van der Waals surface area contributed by atoms with Crippen LogP contribution in [0.25, 0.3) is 0 Å². The van der Waals surface area contributed by atoms with Crippen LogP contribution in [0.1, 0.15) is 24.0 Å². The fourth-order valence-electron chi connectivity index (χ4n) is 2.53. The molecule has 1 N–H and O–H groups in total. The number of amides is 1. The molecule has 0 saturated carbocycles. The summed E-state index contributed by atoms with van der Waals surface area (Å²) in [5.41, 5.74) is 1.83. The first-order valence-electron chi connectivity index (χ1n) is 6.73. The van der Waals surface area contributed by atoms with Gasteiger partial charge < -0.3 is 10.0 Å². The number of aliphatic carboxylic acids is 1. The number of piperidine rings is 1. The molecule has 1 aromatic rings. The highest BCUT2D eigenvalue weighted by Gasteiger charge is 2.29. The van der Waals surface area contributed by atoms with E-state index in [0.29, 0.717) is 25.8 Å². The number of carbonyl (C=O) groups is 2. The Kier molecular flexibility index (Phi) is 4.37. The second-order valence-electron chi connectivity index (χ2n) is 5.23. The number of rotatable bonds is 4. The molecule has 1 aliphatic rings. The predicted molar refractivity (Wildman–Crippen MR) is 71.8 cm³/mol. The minimum atomic E-state index is -0.847. The standard InChI is InChI=1S/C15H18FNO3/c1-10-8-13(16)4-2-11(10)6-7-17-9-12(15(19)20)3-5-14(17)18/h2,4,8,12H,3,5-7,9H2,1H3,(H,19,20). The lowest BCUT2D eigenvalue weighted by atomic mass is 9.97. The number of carboxylic acids is 1. The summed E-state index contributed by atoms with van der Waals surface area (Å²) >= 11 is 0. The molecule has 0 radical (unpaired) electrons. The largest absolute Gasteiger partial charge is 0.481 e. The third kappa shape index (κ3) is 3.35. The van der Waals surface area contributed by atoms with E-state index in [9.17, 15) is 14.0 Å². The highest BCUT2D eigenvalue weighted by Crippen LogP contribution is 2.19. The molecule has 2 rings (SSSR count). The van der Waals surface area contributed by atoms with Crippen molar-refractivity contribution >= 4 is 11.9 Å². The monoisotopic (exact) mass is 279 g/mol. The fraction of sp³-hybridized carbons (Fsp3) is 0.467. The molecule has 4 nitrogen and oxygen atoms in total. The number of nitrogens with zero attached hydrogens (tertiary/aromatic N) is 1. The molecule has 1 saturated heterocycles. The molecule has 0 spiro atoms. The molecule has 0 bridgehead atoms. The first-order valence-corrected chi connectivity index (χ1v) is 6.73. The van der Waals surface area contributed by atoms with Gasteiger partial charge in [0.05, 0.1) is 5.92 Å². The molecule has 0 aromatic heterocycles. The van der Waals surface area contributed by atoms with Crippen LogP contribution < -0.4 is 0 Å². The van der Waals surface area contributed by atoms with Gasteiger partial charge in [-0.1, -0.05) is 6.07 Å². The zero-order chi connectivity index (χ0) is 14.7. The van der Waals surface area contributed by atoms with Crippen LogP contribution in [0.3, 0.4) is 0 Å². The normalized spacial score (nSPS) is 19.2. The first-order chi connectivity index (χ1) is 9.47. The fourth-order valence-corrected chi connectivity index (χ4v) is 2.53. The van der Waals surface area contributed by atoms with Crippen LogP contribution in [-0.2, 0) is 16.0 Å². The molecule has 20 heavy (non-hydrogen) atoms. The van der Waals surface area contributed by atoms with E-state index in [0.717, 1.165) is 11.1 Å². The molecule has 1 amide bonds. The quantitative estimate of drug-likeness (QED) is 0.917. The minimum Gasteiger partial charge on any atom is -0.481 e. The van der Waals surface area contributed by atoms with Gasteiger partial charge in [-0.3, -0.25) is 9.59 Å². The number of hydrogen-bond acceptors (Lipinski definition) is 2. The number of carbonyl (C=O) groups excluding carboxylic acids is 1. The van der Waals surface area contributed by atoms with E-state index in [-0.39, 0.29) is 18.3 Å².